The molecule has 4 rings (SSSR count). The topological polar surface area (TPSA) is 84.3 Å². The molecule has 2 fully saturated rings. The molecule has 1 N–H and O–H groups in total. The Balaban J connectivity index is 1.58. The van der Waals surface area contributed by atoms with E-state index in [1.807, 2.05) is 37.3 Å². The largest absolute Gasteiger partial charge is 0.325 e. The Morgan fingerprint density at radius 2 is 1.82 bits per heavy atom. The third-order valence-corrected chi connectivity index (χ3v) is 5.85. The van der Waals surface area contributed by atoms with E-state index in [4.69, 9.17) is 0 Å². The van der Waals surface area contributed by atoms with Crippen LogP contribution < -0.4 is 5.32 Å². The molecule has 2 heterocycles. The Morgan fingerprint density at radius 3 is 2.50 bits per heavy atom. The van der Waals surface area contributed by atoms with Gasteiger partial charge in [-0.15, -0.1) is 0 Å². The maximum Gasteiger partial charge on any atom is 0.325 e. The van der Waals surface area contributed by atoms with E-state index in [1.165, 1.54) is 0 Å². The van der Waals surface area contributed by atoms with E-state index >= 15 is 0 Å². The first kappa shape index (κ1) is 18.4. The van der Waals surface area contributed by atoms with E-state index in [-0.39, 0.29) is 18.2 Å². The number of nitrogens with zero attached hydrogens (tertiary/aromatic N) is 3. The Bertz CT molecular complexity index is 942. The van der Waals surface area contributed by atoms with Crippen LogP contribution in [0.4, 0.5) is 4.79 Å². The van der Waals surface area contributed by atoms with Crippen molar-refractivity contribution in [3.8, 4) is 11.3 Å². The molecule has 1 saturated carbocycles. The van der Waals surface area contributed by atoms with Gasteiger partial charge in [-0.3, -0.25) is 19.2 Å². The summed E-state index contributed by atoms with van der Waals surface area (Å²) in [7, 11) is 1.79. The second-order valence-electron chi connectivity index (χ2n) is 7.70. The van der Waals surface area contributed by atoms with Crippen LogP contribution in [0.15, 0.2) is 30.3 Å². The zero-order valence-corrected chi connectivity index (χ0v) is 16.2. The van der Waals surface area contributed by atoms with Crippen LogP contribution in [0.5, 0.6) is 0 Å². The lowest BCUT2D eigenvalue weighted by Gasteiger charge is -2.30. The summed E-state index contributed by atoms with van der Waals surface area (Å²) >= 11 is 0. The molecule has 3 amide bonds. The molecule has 1 aliphatic carbocycles. The molecule has 1 aromatic heterocycles. The van der Waals surface area contributed by atoms with Crippen LogP contribution in [-0.2, 0) is 11.8 Å². The van der Waals surface area contributed by atoms with E-state index in [0.29, 0.717) is 18.5 Å². The number of ketones is 1. The lowest BCUT2D eigenvalue weighted by atomic mass is 9.82. The molecule has 7 nitrogen and oxygen atoms in total. The highest BCUT2D eigenvalue weighted by atomic mass is 16.2. The summed E-state index contributed by atoms with van der Waals surface area (Å²) in [6.07, 6.45) is 4.17. The average Bonchev–Trinajstić information content (AvgIpc) is 3.11. The Kier molecular flexibility index (Phi) is 4.53. The standard InChI is InChI=1S/C21H24N4O3/c1-14-17(23-24(2)18(14)15-9-5-3-6-10-15)16(26)13-25-19(27)21(22-20(25)28)11-7-4-8-12-21/h3,5-6,9-10H,4,7-8,11-13H2,1-2H3,(H,22,28). The molecule has 1 aromatic carbocycles. The van der Waals surface area contributed by atoms with Gasteiger partial charge in [0, 0.05) is 18.2 Å². The van der Waals surface area contributed by atoms with Crippen molar-refractivity contribution < 1.29 is 14.4 Å². The summed E-state index contributed by atoms with van der Waals surface area (Å²) in [6.45, 7) is 1.57. The molecule has 28 heavy (non-hydrogen) atoms. The van der Waals surface area contributed by atoms with Crippen LogP contribution >= 0.6 is 0 Å². The van der Waals surface area contributed by atoms with Crippen LogP contribution in [0, 0.1) is 6.92 Å². The van der Waals surface area contributed by atoms with Crippen LogP contribution in [0.25, 0.3) is 11.3 Å². The van der Waals surface area contributed by atoms with Gasteiger partial charge in [0.05, 0.1) is 12.2 Å². The summed E-state index contributed by atoms with van der Waals surface area (Å²) in [5.41, 5.74) is 2.05. The second-order valence-corrected chi connectivity index (χ2v) is 7.70. The van der Waals surface area contributed by atoms with Gasteiger partial charge in [-0.2, -0.15) is 5.10 Å². The number of urea groups is 1. The van der Waals surface area contributed by atoms with E-state index in [0.717, 1.165) is 41.0 Å². The van der Waals surface area contributed by atoms with Crippen LogP contribution in [0.3, 0.4) is 0 Å². The molecule has 2 aromatic rings. The summed E-state index contributed by atoms with van der Waals surface area (Å²) in [4.78, 5) is 39.3. The summed E-state index contributed by atoms with van der Waals surface area (Å²) in [6, 6.07) is 9.24. The Morgan fingerprint density at radius 1 is 1.14 bits per heavy atom. The number of Topliss-reactive ketones (excluding diaryl/α,β-unsaturated/α-hetero) is 1. The fourth-order valence-electron chi connectivity index (χ4n) is 4.43. The predicted octanol–water partition coefficient (Wildman–Crippen LogP) is 2.83. The average molecular weight is 380 g/mol. The maximum absolute atomic E-state index is 12.9. The zero-order valence-electron chi connectivity index (χ0n) is 16.2. The number of hydrogen-bond donors (Lipinski definition) is 1. The SMILES string of the molecule is Cc1c(C(=O)CN2C(=O)NC3(CCCCC3)C2=O)nn(C)c1-c1ccccc1. The van der Waals surface area contributed by atoms with Crippen molar-refractivity contribution in [1.82, 2.24) is 20.0 Å². The number of carbonyl (C=O) groups is 3. The van der Waals surface area contributed by atoms with E-state index in [9.17, 15) is 14.4 Å². The Labute approximate surface area is 163 Å². The van der Waals surface area contributed by atoms with Gasteiger partial charge in [-0.1, -0.05) is 49.6 Å². The molecule has 0 atom stereocenters. The van der Waals surface area contributed by atoms with E-state index in [2.05, 4.69) is 10.4 Å². The molecule has 1 spiro atoms. The molecule has 0 radical (unpaired) electrons. The summed E-state index contributed by atoms with van der Waals surface area (Å²) in [5, 5.41) is 7.22. The molecule has 1 saturated heterocycles. The minimum Gasteiger partial charge on any atom is -0.323 e. The normalized spacial score (nSPS) is 18.6. The summed E-state index contributed by atoms with van der Waals surface area (Å²) < 4.78 is 1.67. The van der Waals surface area contributed by atoms with Crippen molar-refractivity contribution in [3.63, 3.8) is 0 Å². The fraction of sp³-hybridized carbons (Fsp3) is 0.429. The smallest absolute Gasteiger partial charge is 0.323 e. The van der Waals surface area contributed by atoms with Gasteiger partial charge >= 0.3 is 6.03 Å². The minimum atomic E-state index is -0.816. The third-order valence-electron chi connectivity index (χ3n) is 5.85. The quantitative estimate of drug-likeness (QED) is 0.653. The maximum atomic E-state index is 12.9. The van der Waals surface area contributed by atoms with Gasteiger partial charge in [0.25, 0.3) is 5.91 Å². The van der Waals surface area contributed by atoms with Crippen LogP contribution in [-0.4, -0.2) is 44.5 Å². The number of amides is 3. The highest BCUT2D eigenvalue weighted by Gasteiger charge is 2.51. The number of hydrogen-bond acceptors (Lipinski definition) is 4. The van der Waals surface area contributed by atoms with Gasteiger partial charge in [-0.05, 0) is 19.8 Å². The van der Waals surface area contributed by atoms with Crippen molar-refractivity contribution >= 4 is 17.7 Å². The third kappa shape index (κ3) is 2.91. The van der Waals surface area contributed by atoms with Gasteiger partial charge in [0.2, 0.25) is 5.78 Å². The molecular weight excluding hydrogens is 356 g/mol. The van der Waals surface area contributed by atoms with E-state index < -0.39 is 11.6 Å². The fourth-order valence-corrected chi connectivity index (χ4v) is 4.43. The van der Waals surface area contributed by atoms with Crippen molar-refractivity contribution in [2.75, 3.05) is 6.54 Å². The lowest BCUT2D eigenvalue weighted by molar-refractivity contribution is -0.132. The Hall–Kier alpha value is -2.96. The van der Waals surface area contributed by atoms with Crippen molar-refractivity contribution in [3.05, 3.63) is 41.6 Å². The first-order valence-electron chi connectivity index (χ1n) is 9.69. The minimum absolute atomic E-state index is 0.276. The van der Waals surface area contributed by atoms with Gasteiger partial charge in [0.15, 0.2) is 0 Å². The van der Waals surface area contributed by atoms with Crippen LogP contribution in [0.1, 0.15) is 48.2 Å². The number of aryl methyl sites for hydroxylation is 1. The van der Waals surface area contributed by atoms with Crippen LogP contribution in [0.2, 0.25) is 0 Å². The number of imide groups is 1. The van der Waals surface area contributed by atoms with Crippen molar-refractivity contribution in [2.45, 2.75) is 44.6 Å². The molecule has 7 heteroatoms. The number of aromatic nitrogens is 2. The molecule has 0 unspecified atom stereocenters. The van der Waals surface area contributed by atoms with Gasteiger partial charge in [0.1, 0.15) is 11.2 Å². The van der Waals surface area contributed by atoms with Crippen molar-refractivity contribution in [1.29, 1.82) is 0 Å². The monoisotopic (exact) mass is 380 g/mol. The van der Waals surface area contributed by atoms with Gasteiger partial charge in [-0.25, -0.2) is 4.79 Å². The second kappa shape index (κ2) is 6.89. The van der Waals surface area contributed by atoms with Gasteiger partial charge < -0.3 is 5.32 Å². The predicted molar refractivity (Wildman–Crippen MR) is 104 cm³/mol. The molecule has 146 valence electrons. The summed E-state index contributed by atoms with van der Waals surface area (Å²) in [5.74, 6) is -0.603. The van der Waals surface area contributed by atoms with E-state index in [1.54, 1.807) is 11.7 Å². The molecule has 2 aliphatic rings. The molecular formula is C21H24N4O3. The zero-order chi connectivity index (χ0) is 19.9. The molecule has 0 bridgehead atoms. The number of rotatable bonds is 4. The van der Waals surface area contributed by atoms with Crippen molar-refractivity contribution in [2.24, 2.45) is 7.05 Å². The lowest BCUT2D eigenvalue weighted by Crippen LogP contribution is -2.48. The number of benzene rings is 1. The first-order chi connectivity index (χ1) is 13.4. The number of carbonyl (C=O) groups excluding carboxylic acids is 3. The highest BCUT2D eigenvalue weighted by molar-refractivity contribution is 6.11. The number of nitrogens with one attached hydrogen (secondary N) is 1. The highest BCUT2D eigenvalue weighted by Crippen LogP contribution is 2.34. The first-order valence-corrected chi connectivity index (χ1v) is 9.69. The molecule has 1 aliphatic heterocycles.